The molecule has 5 aliphatic rings. The smallest absolute Gasteiger partial charge is 0.347 e. The van der Waals surface area contributed by atoms with Gasteiger partial charge in [-0.05, 0) is 6.08 Å². The van der Waals surface area contributed by atoms with Crippen molar-refractivity contribution in [1.29, 1.82) is 0 Å². The van der Waals surface area contributed by atoms with E-state index < -0.39 is 41.2 Å². The van der Waals surface area contributed by atoms with E-state index in [4.69, 9.17) is 4.74 Å². The van der Waals surface area contributed by atoms with E-state index in [2.05, 4.69) is 10.1 Å². The Hall–Kier alpha value is -2.70. The molecule has 4 atom stereocenters. The Kier molecular flexibility index (Phi) is 2.33. The molecule has 22 heavy (non-hydrogen) atoms. The summed E-state index contributed by atoms with van der Waals surface area (Å²) in [5.74, 6) is -4.34. The minimum Gasteiger partial charge on any atom is -0.465 e. The van der Waals surface area contributed by atoms with Crippen molar-refractivity contribution in [3.63, 3.8) is 0 Å². The number of hydrogen-bond acceptors (Lipinski definition) is 6. The Morgan fingerprint density at radius 3 is 2.77 bits per heavy atom. The summed E-state index contributed by atoms with van der Waals surface area (Å²) >= 11 is 0. The summed E-state index contributed by atoms with van der Waals surface area (Å²) in [5, 5.41) is 2.29. The monoisotopic (exact) mass is 301 g/mol. The normalized spacial score (nSPS) is 37.7. The van der Waals surface area contributed by atoms with Crippen molar-refractivity contribution in [1.82, 2.24) is 5.32 Å². The molecule has 1 saturated heterocycles. The van der Waals surface area contributed by atoms with Gasteiger partial charge in [0, 0.05) is 11.5 Å². The van der Waals surface area contributed by atoms with Gasteiger partial charge in [-0.3, -0.25) is 14.9 Å². The number of rotatable bonds is 1. The van der Waals surface area contributed by atoms with Crippen LogP contribution in [0.1, 0.15) is 0 Å². The zero-order chi connectivity index (χ0) is 15.6. The van der Waals surface area contributed by atoms with Crippen LogP contribution in [0.15, 0.2) is 35.5 Å². The second kappa shape index (κ2) is 3.94. The highest BCUT2D eigenvalue weighted by Crippen LogP contribution is 2.53. The van der Waals surface area contributed by atoms with Gasteiger partial charge in [-0.1, -0.05) is 18.2 Å². The fourth-order valence-corrected chi connectivity index (χ4v) is 3.75. The van der Waals surface area contributed by atoms with Crippen molar-refractivity contribution in [2.24, 2.45) is 17.8 Å². The summed E-state index contributed by atoms with van der Waals surface area (Å²) in [7, 11) is 1.16. The van der Waals surface area contributed by atoms with Gasteiger partial charge in [-0.25, -0.2) is 9.59 Å². The number of ether oxygens (including phenoxy) is 2. The number of imide groups is 1. The first-order valence-corrected chi connectivity index (χ1v) is 6.78. The van der Waals surface area contributed by atoms with Crippen LogP contribution >= 0.6 is 0 Å². The van der Waals surface area contributed by atoms with Gasteiger partial charge in [0.2, 0.25) is 11.8 Å². The average Bonchev–Trinajstić information content (AvgIpc) is 2.81. The number of allylic oxidation sites excluding steroid dienone is 2. The molecule has 0 radical (unpaired) electrons. The average molecular weight is 301 g/mol. The molecule has 7 heteroatoms. The van der Waals surface area contributed by atoms with E-state index in [-0.39, 0.29) is 17.1 Å². The summed E-state index contributed by atoms with van der Waals surface area (Å²) in [5.41, 5.74) is -1.36. The Morgan fingerprint density at radius 1 is 1.27 bits per heavy atom. The molecule has 1 fully saturated rings. The Labute approximate surface area is 124 Å². The summed E-state index contributed by atoms with van der Waals surface area (Å²) in [4.78, 5) is 48.3. The van der Waals surface area contributed by atoms with E-state index in [1.165, 1.54) is 0 Å². The van der Waals surface area contributed by atoms with Crippen LogP contribution < -0.4 is 5.32 Å². The molecule has 5 rings (SSSR count). The van der Waals surface area contributed by atoms with E-state index in [1.54, 1.807) is 24.3 Å². The molecule has 2 heterocycles. The van der Waals surface area contributed by atoms with Crippen LogP contribution in [0.3, 0.4) is 0 Å². The maximum Gasteiger partial charge on any atom is 0.347 e. The van der Waals surface area contributed by atoms with Gasteiger partial charge in [-0.2, -0.15) is 0 Å². The Bertz CT molecular complexity index is 745. The van der Waals surface area contributed by atoms with Gasteiger partial charge in [0.05, 0.1) is 18.9 Å². The zero-order valence-electron chi connectivity index (χ0n) is 11.5. The van der Waals surface area contributed by atoms with Crippen molar-refractivity contribution in [3.05, 3.63) is 35.5 Å². The number of hydrogen-bond donors (Lipinski definition) is 1. The summed E-state index contributed by atoms with van der Waals surface area (Å²) < 4.78 is 10.1. The van der Waals surface area contributed by atoms with Crippen molar-refractivity contribution in [2.75, 3.05) is 7.11 Å². The molecule has 2 aliphatic heterocycles. The van der Waals surface area contributed by atoms with Crippen molar-refractivity contribution in [3.8, 4) is 0 Å². The number of carbonyl (C=O) groups excluding carboxylic acids is 4. The van der Waals surface area contributed by atoms with Crippen LogP contribution in [0.25, 0.3) is 0 Å². The maximum atomic E-state index is 12.2. The van der Waals surface area contributed by atoms with E-state index in [0.717, 1.165) is 7.11 Å². The van der Waals surface area contributed by atoms with Crippen LogP contribution in [0.5, 0.6) is 0 Å². The quantitative estimate of drug-likeness (QED) is 0.300. The van der Waals surface area contributed by atoms with Crippen LogP contribution in [-0.4, -0.2) is 36.5 Å². The highest BCUT2D eigenvalue weighted by Gasteiger charge is 2.64. The lowest BCUT2D eigenvalue weighted by molar-refractivity contribution is -0.153. The minimum atomic E-state index is -1.41. The fourth-order valence-electron chi connectivity index (χ4n) is 3.75. The van der Waals surface area contributed by atoms with Crippen LogP contribution in [0, 0.1) is 17.8 Å². The van der Waals surface area contributed by atoms with Crippen molar-refractivity contribution >= 4 is 23.8 Å². The second-order valence-corrected chi connectivity index (χ2v) is 5.62. The molecule has 7 nitrogen and oxygen atoms in total. The first-order valence-electron chi connectivity index (χ1n) is 6.78. The third-order valence-electron chi connectivity index (χ3n) is 4.66. The molecular weight excluding hydrogens is 290 g/mol. The summed E-state index contributed by atoms with van der Waals surface area (Å²) in [6.07, 6.45) is 6.62. The molecule has 3 aliphatic carbocycles. The number of amides is 2. The minimum absolute atomic E-state index is 0.225. The lowest BCUT2D eigenvalue weighted by Crippen LogP contribution is -2.47. The van der Waals surface area contributed by atoms with Gasteiger partial charge < -0.3 is 9.47 Å². The van der Waals surface area contributed by atoms with E-state index >= 15 is 0 Å². The molecule has 1 spiro atoms. The predicted octanol–water partition coefficient (Wildman–Crippen LogP) is -0.604. The van der Waals surface area contributed by atoms with Gasteiger partial charge in [-0.15, -0.1) is 0 Å². The molecule has 0 aromatic rings. The van der Waals surface area contributed by atoms with Crippen molar-refractivity contribution < 1.29 is 28.7 Å². The summed E-state index contributed by atoms with van der Waals surface area (Å²) in [6, 6.07) is 0. The SMILES string of the molecule is COC(=O)C1=C2C=CC3C=CC2(OC1=O)C1C(=O)NC(=O)C31. The molecule has 0 aromatic heterocycles. The zero-order valence-corrected chi connectivity index (χ0v) is 11.5. The van der Waals surface area contributed by atoms with Gasteiger partial charge in [0.25, 0.3) is 0 Å². The lowest BCUT2D eigenvalue weighted by atomic mass is 9.69. The van der Waals surface area contributed by atoms with E-state index in [1.807, 2.05) is 0 Å². The highest BCUT2D eigenvalue weighted by molar-refractivity contribution is 6.18. The highest BCUT2D eigenvalue weighted by atomic mass is 16.6. The molecule has 2 bridgehead atoms. The molecule has 0 saturated carbocycles. The summed E-state index contributed by atoms with van der Waals surface area (Å²) in [6.45, 7) is 0. The first-order chi connectivity index (χ1) is 10.5. The second-order valence-electron chi connectivity index (χ2n) is 5.62. The first kappa shape index (κ1) is 13.0. The third-order valence-corrected chi connectivity index (χ3v) is 4.66. The maximum absolute atomic E-state index is 12.2. The standard InChI is InChI=1S/C15H11NO6/c1-21-13(19)9-7-3-2-6-4-5-15(7,22-14(9)20)10-8(6)11(17)16-12(10)18/h2-6,8,10H,1H3,(H,16,17,18). The van der Waals surface area contributed by atoms with Crippen molar-refractivity contribution in [2.45, 2.75) is 5.60 Å². The number of carbonyl (C=O) groups is 4. The molecule has 2 amide bonds. The molecular formula is C15H11NO6. The van der Waals surface area contributed by atoms with Crippen LogP contribution in [-0.2, 0) is 28.7 Å². The van der Waals surface area contributed by atoms with Crippen LogP contribution in [0.2, 0.25) is 0 Å². The van der Waals surface area contributed by atoms with Gasteiger partial charge in [0.15, 0.2) is 11.2 Å². The lowest BCUT2D eigenvalue weighted by Gasteiger charge is -2.36. The van der Waals surface area contributed by atoms with Gasteiger partial charge in [0.1, 0.15) is 0 Å². The molecule has 4 unspecified atom stereocenters. The molecule has 112 valence electrons. The number of esters is 2. The molecule has 0 aromatic carbocycles. The number of methoxy groups -OCH3 is 1. The van der Waals surface area contributed by atoms with E-state index in [0.29, 0.717) is 0 Å². The van der Waals surface area contributed by atoms with Crippen LogP contribution in [0.4, 0.5) is 0 Å². The fraction of sp³-hybridized carbons (Fsp3) is 0.333. The topological polar surface area (TPSA) is 98.8 Å². The van der Waals surface area contributed by atoms with E-state index in [9.17, 15) is 19.2 Å². The predicted molar refractivity (Wildman–Crippen MR) is 69.8 cm³/mol. The van der Waals surface area contributed by atoms with Gasteiger partial charge >= 0.3 is 11.9 Å². The third kappa shape index (κ3) is 1.31. The number of nitrogens with one attached hydrogen (secondary N) is 1. The Balaban J connectivity index is 1.99. The Morgan fingerprint density at radius 2 is 2.05 bits per heavy atom. The largest absolute Gasteiger partial charge is 0.465 e. The molecule has 1 N–H and O–H groups in total.